The van der Waals surface area contributed by atoms with E-state index in [1.807, 2.05) is 0 Å². The molecule has 0 aromatic heterocycles. The molecule has 0 heterocycles. The molecule has 0 aliphatic rings. The molecule has 26 heavy (non-hydrogen) atoms. The molecule has 0 spiro atoms. The van der Waals surface area contributed by atoms with Gasteiger partial charge in [-0.3, -0.25) is 0 Å². The minimum Gasteiger partial charge on any atom is -0.396 e. The Morgan fingerprint density at radius 1 is 0.846 bits per heavy atom. The second kappa shape index (κ2) is 12.7. The first kappa shape index (κ1) is 30.1. The normalized spacial score (nSPS) is 13.8. The Morgan fingerprint density at radius 3 is 1.15 bits per heavy atom. The van der Waals surface area contributed by atoms with E-state index in [9.17, 15) is 43.2 Å². The molecular formula is C10H20F6O8S2. The highest BCUT2D eigenvalue weighted by atomic mass is 32.2. The van der Waals surface area contributed by atoms with Crippen LogP contribution in [0.15, 0.2) is 0 Å². The molecule has 162 valence electrons. The highest BCUT2D eigenvalue weighted by Crippen LogP contribution is 2.20. The lowest BCUT2D eigenvalue weighted by atomic mass is 10.3. The largest absolute Gasteiger partial charge is 0.537 e. The zero-order valence-corrected chi connectivity index (χ0v) is 15.5. The SMILES string of the molecule is CC(O)CCO.CCS(=O)(=O)OC(F)(F)F.CCS(=O)(=O)OC(F)(F)F. The van der Waals surface area contributed by atoms with Crippen molar-refractivity contribution >= 4 is 20.2 Å². The van der Waals surface area contributed by atoms with Crippen molar-refractivity contribution in [3.8, 4) is 0 Å². The Labute approximate surface area is 147 Å². The zero-order chi connectivity index (χ0) is 21.8. The first-order valence-electron chi connectivity index (χ1n) is 6.59. The van der Waals surface area contributed by atoms with Crippen molar-refractivity contribution in [3.63, 3.8) is 0 Å². The van der Waals surface area contributed by atoms with Gasteiger partial charge in [-0.25, -0.2) is 0 Å². The predicted molar refractivity (Wildman–Crippen MR) is 76.6 cm³/mol. The van der Waals surface area contributed by atoms with Crippen molar-refractivity contribution in [2.24, 2.45) is 0 Å². The fraction of sp³-hybridized carbons (Fsp3) is 1.00. The molecular weight excluding hydrogens is 426 g/mol. The minimum atomic E-state index is -5.10. The summed E-state index contributed by atoms with van der Waals surface area (Å²) in [5, 5.41) is 16.5. The number of hydrogen-bond acceptors (Lipinski definition) is 8. The van der Waals surface area contributed by atoms with E-state index in [1.54, 1.807) is 6.92 Å². The van der Waals surface area contributed by atoms with Gasteiger partial charge in [0.25, 0.3) is 20.2 Å². The van der Waals surface area contributed by atoms with E-state index < -0.39 is 44.5 Å². The summed E-state index contributed by atoms with van der Waals surface area (Å²) in [7, 11) is -8.80. The molecule has 0 bridgehead atoms. The van der Waals surface area contributed by atoms with E-state index in [-0.39, 0.29) is 12.7 Å². The number of alkyl halides is 6. The quantitative estimate of drug-likeness (QED) is 0.464. The average molecular weight is 446 g/mol. The van der Waals surface area contributed by atoms with Gasteiger partial charge in [0, 0.05) is 6.61 Å². The van der Waals surface area contributed by atoms with Gasteiger partial charge in [-0.2, -0.15) is 25.2 Å². The van der Waals surface area contributed by atoms with Crippen molar-refractivity contribution in [1.82, 2.24) is 0 Å². The third-order valence-electron chi connectivity index (χ3n) is 1.70. The minimum absolute atomic E-state index is 0.0810. The number of aliphatic hydroxyl groups is 2. The van der Waals surface area contributed by atoms with Crippen LogP contribution in [0.3, 0.4) is 0 Å². The molecule has 1 atom stereocenters. The third kappa shape index (κ3) is 28.1. The molecule has 0 aromatic rings. The van der Waals surface area contributed by atoms with Gasteiger partial charge in [0.15, 0.2) is 0 Å². The fourth-order valence-electron chi connectivity index (χ4n) is 0.593. The standard InChI is InChI=1S/C4H10O2.2C3H5F3O3S/c1-4(6)2-3-5;2*1-2-10(7,8)9-3(4,5)6/h4-6H,2-3H2,1H3;2*2H2,1H3. The van der Waals surface area contributed by atoms with Crippen LogP contribution in [0.2, 0.25) is 0 Å². The number of rotatable bonds is 6. The van der Waals surface area contributed by atoms with Crippen LogP contribution in [-0.4, -0.2) is 64.0 Å². The van der Waals surface area contributed by atoms with Crippen LogP contribution in [0.4, 0.5) is 26.3 Å². The summed E-state index contributed by atoms with van der Waals surface area (Å²) in [6.45, 7) is 3.84. The van der Waals surface area contributed by atoms with Crippen LogP contribution >= 0.6 is 0 Å². The van der Waals surface area contributed by atoms with E-state index in [2.05, 4.69) is 8.37 Å². The lowest BCUT2D eigenvalue weighted by molar-refractivity contribution is -0.273. The van der Waals surface area contributed by atoms with Gasteiger partial charge in [0.2, 0.25) is 0 Å². The average Bonchev–Trinajstić information content (AvgIpc) is 2.34. The van der Waals surface area contributed by atoms with E-state index >= 15 is 0 Å². The summed E-state index contributed by atoms with van der Waals surface area (Å²) in [6, 6.07) is 0. The Bertz CT molecular complexity index is 507. The smallest absolute Gasteiger partial charge is 0.396 e. The maximum absolute atomic E-state index is 11.1. The fourth-order valence-corrected chi connectivity index (χ4v) is 1.40. The van der Waals surface area contributed by atoms with E-state index in [0.717, 1.165) is 13.8 Å². The molecule has 0 saturated carbocycles. The highest BCUT2D eigenvalue weighted by Gasteiger charge is 2.36. The van der Waals surface area contributed by atoms with Crippen LogP contribution in [0, 0.1) is 0 Å². The third-order valence-corrected chi connectivity index (χ3v) is 4.00. The van der Waals surface area contributed by atoms with Crippen LogP contribution < -0.4 is 0 Å². The van der Waals surface area contributed by atoms with Crippen molar-refractivity contribution in [2.45, 2.75) is 46.0 Å². The first-order valence-corrected chi connectivity index (χ1v) is 9.75. The van der Waals surface area contributed by atoms with Gasteiger partial charge < -0.3 is 10.2 Å². The summed E-state index contributed by atoms with van der Waals surface area (Å²) < 4.78 is 113. The van der Waals surface area contributed by atoms with Gasteiger partial charge >= 0.3 is 12.7 Å². The molecule has 8 nitrogen and oxygen atoms in total. The Hall–Kier alpha value is -0.680. The number of halogens is 6. The molecule has 0 aliphatic carbocycles. The summed E-state index contributed by atoms with van der Waals surface area (Å²) in [6.07, 6.45) is -10.1. The summed E-state index contributed by atoms with van der Waals surface area (Å²) in [5.74, 6) is -1.38. The molecule has 0 aromatic carbocycles. The summed E-state index contributed by atoms with van der Waals surface area (Å²) in [4.78, 5) is 0. The van der Waals surface area contributed by atoms with E-state index in [4.69, 9.17) is 10.2 Å². The van der Waals surface area contributed by atoms with Crippen molar-refractivity contribution < 1.29 is 61.8 Å². The summed E-state index contributed by atoms with van der Waals surface area (Å²) >= 11 is 0. The van der Waals surface area contributed by atoms with Gasteiger partial charge in [-0.15, -0.1) is 26.3 Å². The highest BCUT2D eigenvalue weighted by molar-refractivity contribution is 7.86. The molecule has 1 unspecified atom stereocenters. The molecule has 16 heteroatoms. The molecule has 0 aliphatic heterocycles. The molecule has 2 N–H and O–H groups in total. The molecule has 0 fully saturated rings. The maximum atomic E-state index is 11.1. The Kier molecular flexibility index (Phi) is 14.6. The zero-order valence-electron chi connectivity index (χ0n) is 13.8. The molecule has 0 saturated heterocycles. The number of hydrogen-bond donors (Lipinski definition) is 2. The van der Waals surface area contributed by atoms with Crippen molar-refractivity contribution in [1.29, 1.82) is 0 Å². The topological polar surface area (TPSA) is 127 Å². The second-order valence-corrected chi connectivity index (χ2v) is 7.83. The molecule has 0 rings (SSSR count). The Morgan fingerprint density at radius 2 is 1.12 bits per heavy atom. The van der Waals surface area contributed by atoms with Gasteiger partial charge in [0.05, 0.1) is 17.6 Å². The monoisotopic (exact) mass is 446 g/mol. The van der Waals surface area contributed by atoms with Crippen molar-refractivity contribution in [2.75, 3.05) is 18.1 Å². The molecule has 0 radical (unpaired) electrons. The predicted octanol–water partition coefficient (Wildman–Crippen LogP) is 1.49. The lowest BCUT2D eigenvalue weighted by Gasteiger charge is -2.04. The number of aliphatic hydroxyl groups excluding tert-OH is 2. The van der Waals surface area contributed by atoms with Crippen LogP contribution in [0.1, 0.15) is 27.2 Å². The molecule has 0 amide bonds. The second-order valence-electron chi connectivity index (χ2n) is 4.11. The van der Waals surface area contributed by atoms with Gasteiger partial charge in [0.1, 0.15) is 0 Å². The first-order chi connectivity index (χ1) is 11.3. The Balaban J connectivity index is -0.000000316. The van der Waals surface area contributed by atoms with Crippen LogP contribution in [0.25, 0.3) is 0 Å². The van der Waals surface area contributed by atoms with Gasteiger partial charge in [-0.05, 0) is 27.2 Å². The maximum Gasteiger partial charge on any atom is 0.537 e. The van der Waals surface area contributed by atoms with Crippen molar-refractivity contribution in [3.05, 3.63) is 0 Å². The van der Waals surface area contributed by atoms with E-state index in [1.165, 1.54) is 0 Å². The summed E-state index contributed by atoms with van der Waals surface area (Å²) in [5.41, 5.74) is 0. The van der Waals surface area contributed by atoms with E-state index in [0.29, 0.717) is 6.42 Å². The van der Waals surface area contributed by atoms with Gasteiger partial charge in [-0.1, -0.05) is 0 Å². The van der Waals surface area contributed by atoms with Crippen LogP contribution in [-0.2, 0) is 28.6 Å². The van der Waals surface area contributed by atoms with Crippen LogP contribution in [0.5, 0.6) is 0 Å². The lowest BCUT2D eigenvalue weighted by Crippen LogP contribution is -2.20.